The lowest BCUT2D eigenvalue weighted by molar-refractivity contribution is 0.0919. The molecular formula is C16H11F5IN3O. The molecule has 26 heavy (non-hydrogen) atoms. The van der Waals surface area contributed by atoms with Gasteiger partial charge in [-0.05, 0) is 40.8 Å². The Labute approximate surface area is 158 Å². The van der Waals surface area contributed by atoms with Crippen LogP contribution in [-0.4, -0.2) is 25.0 Å². The maximum absolute atomic E-state index is 14.2. The van der Waals surface area contributed by atoms with Gasteiger partial charge in [0.05, 0.1) is 17.4 Å². The van der Waals surface area contributed by atoms with E-state index in [0.717, 1.165) is 6.07 Å². The minimum atomic E-state index is -2.12. The Morgan fingerprint density at radius 2 is 1.69 bits per heavy atom. The van der Waals surface area contributed by atoms with Gasteiger partial charge in [-0.3, -0.25) is 4.79 Å². The van der Waals surface area contributed by atoms with Crippen LogP contribution in [-0.2, 0) is 0 Å². The molecule has 1 amide bonds. The zero-order valence-electron chi connectivity index (χ0n) is 12.9. The van der Waals surface area contributed by atoms with E-state index in [1.54, 1.807) is 0 Å². The normalized spacial score (nSPS) is 14.1. The molecule has 3 N–H and O–H groups in total. The molecule has 0 saturated carbocycles. The third-order valence-corrected chi connectivity index (χ3v) is 4.47. The molecule has 1 aliphatic heterocycles. The number of carbonyl (C=O) groups excluding carboxylic acids is 1. The summed E-state index contributed by atoms with van der Waals surface area (Å²) in [7, 11) is 0. The summed E-state index contributed by atoms with van der Waals surface area (Å²) in [5, 5.41) is 7.37. The molecule has 2 aromatic carbocycles. The maximum atomic E-state index is 14.2. The van der Waals surface area contributed by atoms with Crippen LogP contribution in [0.15, 0.2) is 18.2 Å². The summed E-state index contributed by atoms with van der Waals surface area (Å²) in [6, 6.07) is 3.39. The Morgan fingerprint density at radius 1 is 1.04 bits per heavy atom. The van der Waals surface area contributed by atoms with E-state index in [1.807, 2.05) is 22.6 Å². The third-order valence-electron chi connectivity index (χ3n) is 3.80. The van der Waals surface area contributed by atoms with Gasteiger partial charge in [0.25, 0.3) is 5.91 Å². The Balaban J connectivity index is 2.07. The van der Waals surface area contributed by atoms with Gasteiger partial charge >= 0.3 is 0 Å². The average molecular weight is 483 g/mol. The van der Waals surface area contributed by atoms with E-state index >= 15 is 0 Å². The molecule has 0 radical (unpaired) electrons. The van der Waals surface area contributed by atoms with E-state index in [4.69, 9.17) is 0 Å². The van der Waals surface area contributed by atoms with Crippen molar-refractivity contribution >= 4 is 39.9 Å². The fourth-order valence-corrected chi connectivity index (χ4v) is 2.79. The third kappa shape index (κ3) is 3.47. The van der Waals surface area contributed by atoms with Gasteiger partial charge in [-0.25, -0.2) is 22.0 Å². The van der Waals surface area contributed by atoms with E-state index in [9.17, 15) is 26.7 Å². The molecule has 1 heterocycles. The highest BCUT2D eigenvalue weighted by Crippen LogP contribution is 2.32. The number of nitrogens with one attached hydrogen (secondary N) is 3. The molecule has 4 nitrogen and oxygen atoms in total. The van der Waals surface area contributed by atoms with Crippen LogP contribution in [0.4, 0.5) is 33.3 Å². The summed E-state index contributed by atoms with van der Waals surface area (Å²) in [6.45, 7) is 0.794. The van der Waals surface area contributed by atoms with Crippen molar-refractivity contribution in [3.63, 3.8) is 0 Å². The van der Waals surface area contributed by atoms with Gasteiger partial charge in [0.15, 0.2) is 23.3 Å². The second-order valence-electron chi connectivity index (χ2n) is 5.58. The van der Waals surface area contributed by atoms with Crippen LogP contribution in [0.3, 0.4) is 0 Å². The van der Waals surface area contributed by atoms with Crippen LogP contribution in [0.5, 0.6) is 0 Å². The van der Waals surface area contributed by atoms with Gasteiger partial charge in [0, 0.05) is 16.7 Å². The zero-order chi connectivity index (χ0) is 19.0. The highest BCUT2D eigenvalue weighted by atomic mass is 127. The lowest BCUT2D eigenvalue weighted by Crippen LogP contribution is -2.57. The Morgan fingerprint density at radius 3 is 2.27 bits per heavy atom. The molecular weight excluding hydrogens is 472 g/mol. The van der Waals surface area contributed by atoms with Crippen molar-refractivity contribution in [3.8, 4) is 0 Å². The minimum Gasteiger partial charge on any atom is -0.350 e. The molecule has 0 spiro atoms. The SMILES string of the molecule is O=C(NC1CNC1)c1c(F)c(F)c(F)c(F)c1Nc1ccc(I)cc1F. The van der Waals surface area contributed by atoms with Crippen LogP contribution in [0.1, 0.15) is 10.4 Å². The molecule has 0 aliphatic carbocycles. The van der Waals surface area contributed by atoms with E-state index in [-0.39, 0.29) is 11.7 Å². The Bertz CT molecular complexity index is 889. The standard InChI is InChI=1S/C16H11F5IN3O/c17-8-3-6(22)1-2-9(8)25-15-10(16(26)24-7-4-23-5-7)11(18)12(19)13(20)14(15)21/h1-3,7,23,25H,4-5H2,(H,24,26). The van der Waals surface area contributed by atoms with Crippen molar-refractivity contribution in [1.29, 1.82) is 0 Å². The monoisotopic (exact) mass is 483 g/mol. The number of anilines is 2. The summed E-state index contributed by atoms with van der Waals surface area (Å²) in [6.07, 6.45) is 0. The molecule has 0 bridgehead atoms. The van der Waals surface area contributed by atoms with Crippen LogP contribution < -0.4 is 16.0 Å². The summed E-state index contributed by atoms with van der Waals surface area (Å²) in [4.78, 5) is 12.3. The number of benzene rings is 2. The number of hydrogen-bond acceptors (Lipinski definition) is 3. The first kappa shape index (κ1) is 18.8. The van der Waals surface area contributed by atoms with Crippen molar-refractivity contribution in [2.45, 2.75) is 6.04 Å². The first-order chi connectivity index (χ1) is 12.3. The quantitative estimate of drug-likeness (QED) is 0.271. The molecule has 1 fully saturated rings. The molecule has 0 aromatic heterocycles. The van der Waals surface area contributed by atoms with Crippen molar-refractivity contribution < 1.29 is 26.7 Å². The predicted octanol–water partition coefficient (Wildman–Crippen LogP) is 3.43. The van der Waals surface area contributed by atoms with Gasteiger partial charge in [0.1, 0.15) is 11.4 Å². The first-order valence-corrected chi connectivity index (χ1v) is 8.47. The summed E-state index contributed by atoms with van der Waals surface area (Å²) < 4.78 is 70.2. The molecule has 3 rings (SSSR count). The lowest BCUT2D eigenvalue weighted by Gasteiger charge is -2.28. The van der Waals surface area contributed by atoms with Gasteiger partial charge in [-0.1, -0.05) is 0 Å². The van der Waals surface area contributed by atoms with Crippen molar-refractivity contribution in [3.05, 3.63) is 56.4 Å². The lowest BCUT2D eigenvalue weighted by atomic mass is 10.1. The predicted molar refractivity (Wildman–Crippen MR) is 92.8 cm³/mol. The van der Waals surface area contributed by atoms with E-state index < -0.39 is 46.2 Å². The van der Waals surface area contributed by atoms with Gasteiger partial charge in [-0.2, -0.15) is 0 Å². The number of amides is 1. The molecule has 138 valence electrons. The second kappa shape index (κ2) is 7.35. The Kier molecular flexibility index (Phi) is 5.32. The van der Waals surface area contributed by atoms with Crippen molar-refractivity contribution in [1.82, 2.24) is 10.6 Å². The van der Waals surface area contributed by atoms with Gasteiger partial charge in [0.2, 0.25) is 0 Å². The molecule has 0 unspecified atom stereocenters. The second-order valence-corrected chi connectivity index (χ2v) is 6.83. The van der Waals surface area contributed by atoms with Crippen molar-refractivity contribution in [2.75, 3.05) is 18.4 Å². The summed E-state index contributed by atoms with van der Waals surface area (Å²) in [5.74, 6) is -9.87. The molecule has 1 saturated heterocycles. The van der Waals surface area contributed by atoms with Crippen LogP contribution in [0.25, 0.3) is 0 Å². The minimum absolute atomic E-state index is 0.325. The topological polar surface area (TPSA) is 53.2 Å². The highest BCUT2D eigenvalue weighted by molar-refractivity contribution is 14.1. The number of rotatable bonds is 4. The zero-order valence-corrected chi connectivity index (χ0v) is 15.1. The van der Waals surface area contributed by atoms with Crippen molar-refractivity contribution in [2.24, 2.45) is 0 Å². The maximum Gasteiger partial charge on any atom is 0.256 e. The Hall–Kier alpha value is -1.95. The number of hydrogen-bond donors (Lipinski definition) is 3. The highest BCUT2D eigenvalue weighted by Gasteiger charge is 2.31. The molecule has 2 aromatic rings. The number of halogens is 6. The molecule has 0 atom stereocenters. The first-order valence-electron chi connectivity index (χ1n) is 7.39. The average Bonchev–Trinajstić information content (AvgIpc) is 2.56. The van der Waals surface area contributed by atoms with Crippen LogP contribution in [0, 0.1) is 32.7 Å². The van der Waals surface area contributed by atoms with E-state index in [2.05, 4.69) is 16.0 Å². The fourth-order valence-electron chi connectivity index (χ4n) is 2.34. The fraction of sp³-hybridized carbons (Fsp3) is 0.188. The molecule has 10 heteroatoms. The summed E-state index contributed by atoms with van der Waals surface area (Å²) in [5.41, 5.74) is -2.37. The van der Waals surface area contributed by atoms with Crippen LogP contribution in [0.2, 0.25) is 0 Å². The van der Waals surface area contributed by atoms with E-state index in [1.165, 1.54) is 12.1 Å². The molecule has 1 aliphatic rings. The van der Waals surface area contributed by atoms with Gasteiger partial charge in [-0.15, -0.1) is 0 Å². The largest absolute Gasteiger partial charge is 0.350 e. The van der Waals surface area contributed by atoms with E-state index in [0.29, 0.717) is 16.7 Å². The summed E-state index contributed by atoms with van der Waals surface area (Å²) >= 11 is 1.83. The van der Waals surface area contributed by atoms with Crippen LogP contribution >= 0.6 is 22.6 Å². The number of carbonyl (C=O) groups is 1. The van der Waals surface area contributed by atoms with Gasteiger partial charge < -0.3 is 16.0 Å². The smallest absolute Gasteiger partial charge is 0.256 e.